The number of hydrogen-bond acceptors (Lipinski definition) is 5. The molecule has 122 valence electrons. The van der Waals surface area contributed by atoms with Crippen molar-refractivity contribution in [2.24, 2.45) is 7.05 Å². The van der Waals surface area contributed by atoms with Gasteiger partial charge in [0.25, 0.3) is 0 Å². The summed E-state index contributed by atoms with van der Waals surface area (Å²) in [6.45, 7) is 0.892. The molecule has 1 atom stereocenters. The minimum Gasteiger partial charge on any atom is -0.309 e. The molecule has 2 N–H and O–H groups in total. The Labute approximate surface area is 139 Å². The maximum absolute atomic E-state index is 12.2. The first kappa shape index (κ1) is 14.8. The van der Waals surface area contributed by atoms with Gasteiger partial charge < -0.3 is 10.6 Å². The van der Waals surface area contributed by atoms with Crippen LogP contribution in [-0.2, 0) is 11.8 Å². The van der Waals surface area contributed by atoms with E-state index in [9.17, 15) is 4.79 Å². The van der Waals surface area contributed by atoms with Crippen molar-refractivity contribution < 1.29 is 4.79 Å². The van der Waals surface area contributed by atoms with Crippen molar-refractivity contribution in [3.05, 3.63) is 36.9 Å². The number of hydrogen-bond donors (Lipinski definition) is 2. The first-order valence-corrected chi connectivity index (χ1v) is 7.98. The Hall–Kier alpha value is -2.80. The van der Waals surface area contributed by atoms with Crippen molar-refractivity contribution in [1.29, 1.82) is 0 Å². The lowest BCUT2D eigenvalue weighted by atomic mass is 10.1. The molecule has 3 aromatic heterocycles. The second kappa shape index (κ2) is 6.01. The predicted molar refractivity (Wildman–Crippen MR) is 91.4 cm³/mol. The maximum Gasteiger partial charge on any atom is 0.242 e. The van der Waals surface area contributed by atoms with E-state index in [4.69, 9.17) is 0 Å². The Balaban J connectivity index is 1.62. The summed E-state index contributed by atoms with van der Waals surface area (Å²) in [5, 5.41) is 12.2. The van der Waals surface area contributed by atoms with Crippen LogP contribution in [-0.4, -0.2) is 38.2 Å². The topological polar surface area (TPSA) is 84.7 Å². The summed E-state index contributed by atoms with van der Waals surface area (Å²) in [6.07, 6.45) is 9.12. The molecular weight excluding hydrogens is 304 g/mol. The van der Waals surface area contributed by atoms with Crippen LogP contribution < -0.4 is 10.6 Å². The van der Waals surface area contributed by atoms with Gasteiger partial charge in [0.1, 0.15) is 5.82 Å². The van der Waals surface area contributed by atoms with Gasteiger partial charge in [0.15, 0.2) is 0 Å². The number of amides is 1. The normalized spacial score (nSPS) is 17.3. The van der Waals surface area contributed by atoms with E-state index in [2.05, 4.69) is 25.7 Å². The van der Waals surface area contributed by atoms with Gasteiger partial charge in [-0.25, -0.2) is 4.98 Å². The lowest BCUT2D eigenvalue weighted by Crippen LogP contribution is -2.35. The van der Waals surface area contributed by atoms with Gasteiger partial charge in [0.2, 0.25) is 5.91 Å². The highest BCUT2D eigenvalue weighted by Gasteiger charge is 2.22. The van der Waals surface area contributed by atoms with E-state index in [0.717, 1.165) is 41.4 Å². The lowest BCUT2D eigenvalue weighted by molar-refractivity contribution is -0.117. The first-order chi connectivity index (χ1) is 11.7. The third-order valence-electron chi connectivity index (χ3n) is 4.23. The number of carbonyl (C=O) groups is 1. The quantitative estimate of drug-likeness (QED) is 0.767. The minimum atomic E-state index is -0.120. The zero-order chi connectivity index (χ0) is 16.5. The van der Waals surface area contributed by atoms with Gasteiger partial charge in [-0.3, -0.25) is 14.5 Å². The molecule has 1 fully saturated rings. The van der Waals surface area contributed by atoms with Crippen molar-refractivity contribution in [2.75, 3.05) is 11.9 Å². The fourth-order valence-electron chi connectivity index (χ4n) is 2.94. The van der Waals surface area contributed by atoms with Crippen molar-refractivity contribution in [2.45, 2.75) is 18.9 Å². The highest BCUT2D eigenvalue weighted by Crippen LogP contribution is 2.23. The molecule has 7 nitrogen and oxygen atoms in total. The fourth-order valence-corrected chi connectivity index (χ4v) is 2.94. The maximum atomic E-state index is 12.2. The molecule has 0 radical (unpaired) electrons. The highest BCUT2D eigenvalue weighted by molar-refractivity contribution is 5.96. The van der Waals surface area contributed by atoms with Gasteiger partial charge in [-0.05, 0) is 36.9 Å². The minimum absolute atomic E-state index is 0.0270. The Morgan fingerprint density at radius 2 is 2.12 bits per heavy atom. The first-order valence-electron chi connectivity index (χ1n) is 7.98. The number of aryl methyl sites for hydroxylation is 1. The number of nitrogens with one attached hydrogen (secondary N) is 2. The molecule has 0 saturated carbocycles. The Morgan fingerprint density at radius 1 is 1.25 bits per heavy atom. The third kappa shape index (κ3) is 2.85. The molecule has 24 heavy (non-hydrogen) atoms. The summed E-state index contributed by atoms with van der Waals surface area (Å²) < 4.78 is 1.74. The second-order valence-corrected chi connectivity index (χ2v) is 6.03. The van der Waals surface area contributed by atoms with E-state index in [1.807, 2.05) is 25.4 Å². The molecule has 0 aliphatic carbocycles. The fraction of sp³-hybridized carbons (Fsp3) is 0.294. The standard InChI is InChI=1S/C17H18N6O/c1-23-10-13(9-21-23)15-5-11-6-16(20-8-12(11)7-19-15)22-17(24)14-3-2-4-18-14/h5-10,14,18H,2-4H2,1H3,(H,20,22,24)/t14-/m1/s1. The van der Waals surface area contributed by atoms with E-state index >= 15 is 0 Å². The van der Waals surface area contributed by atoms with Crippen LogP contribution in [0.3, 0.4) is 0 Å². The second-order valence-electron chi connectivity index (χ2n) is 6.03. The van der Waals surface area contributed by atoms with Gasteiger partial charge in [0, 0.05) is 36.6 Å². The molecule has 0 bridgehead atoms. The smallest absolute Gasteiger partial charge is 0.242 e. The summed E-state index contributed by atoms with van der Waals surface area (Å²) in [5.41, 5.74) is 1.80. The molecule has 1 saturated heterocycles. The zero-order valence-corrected chi connectivity index (χ0v) is 13.4. The zero-order valence-electron chi connectivity index (χ0n) is 13.4. The Morgan fingerprint density at radius 3 is 2.88 bits per heavy atom. The molecular formula is C17H18N6O. The van der Waals surface area contributed by atoms with E-state index in [0.29, 0.717) is 5.82 Å². The molecule has 0 aromatic carbocycles. The monoisotopic (exact) mass is 322 g/mol. The summed E-state index contributed by atoms with van der Waals surface area (Å²) in [5.74, 6) is 0.533. The van der Waals surface area contributed by atoms with Crippen LogP contribution >= 0.6 is 0 Å². The van der Waals surface area contributed by atoms with Gasteiger partial charge in [-0.1, -0.05) is 0 Å². The van der Waals surface area contributed by atoms with Crippen LogP contribution in [0.4, 0.5) is 5.82 Å². The van der Waals surface area contributed by atoms with Crippen LogP contribution in [0.25, 0.3) is 22.0 Å². The van der Waals surface area contributed by atoms with Crippen LogP contribution in [0.5, 0.6) is 0 Å². The summed E-state index contributed by atoms with van der Waals surface area (Å²) in [7, 11) is 1.87. The SMILES string of the molecule is Cn1cc(-c2cc3cc(NC(=O)[C@H]4CCCN4)ncc3cn2)cn1. The van der Waals surface area contributed by atoms with Crippen LogP contribution in [0, 0.1) is 0 Å². The number of anilines is 1. The summed E-state index contributed by atoms with van der Waals surface area (Å²) in [6, 6.07) is 3.74. The van der Waals surface area contributed by atoms with Gasteiger partial charge in [0.05, 0.1) is 17.9 Å². The predicted octanol–water partition coefficient (Wildman–Crippen LogP) is 1.72. The van der Waals surface area contributed by atoms with Crippen molar-refractivity contribution >= 4 is 22.5 Å². The van der Waals surface area contributed by atoms with E-state index < -0.39 is 0 Å². The molecule has 4 rings (SSSR count). The van der Waals surface area contributed by atoms with Crippen LogP contribution in [0.15, 0.2) is 36.9 Å². The average Bonchev–Trinajstić information content (AvgIpc) is 3.25. The molecule has 1 amide bonds. The number of carbonyl (C=O) groups excluding carboxylic acids is 1. The van der Waals surface area contributed by atoms with Gasteiger partial charge in [-0.15, -0.1) is 0 Å². The average molecular weight is 322 g/mol. The Kier molecular flexibility index (Phi) is 3.70. The number of pyridine rings is 2. The molecule has 1 aliphatic rings. The van der Waals surface area contributed by atoms with Crippen molar-refractivity contribution in [1.82, 2.24) is 25.1 Å². The highest BCUT2D eigenvalue weighted by atomic mass is 16.2. The van der Waals surface area contributed by atoms with Crippen molar-refractivity contribution in [3.63, 3.8) is 0 Å². The van der Waals surface area contributed by atoms with Crippen LogP contribution in [0.2, 0.25) is 0 Å². The largest absolute Gasteiger partial charge is 0.309 e. The number of aromatic nitrogens is 4. The van der Waals surface area contributed by atoms with Gasteiger partial charge >= 0.3 is 0 Å². The number of rotatable bonds is 3. The summed E-state index contributed by atoms with van der Waals surface area (Å²) >= 11 is 0. The Bertz CT molecular complexity index is 897. The van der Waals surface area contributed by atoms with E-state index in [1.165, 1.54) is 0 Å². The van der Waals surface area contributed by atoms with E-state index in [1.54, 1.807) is 23.3 Å². The number of nitrogens with zero attached hydrogens (tertiary/aromatic N) is 4. The summed E-state index contributed by atoms with van der Waals surface area (Å²) in [4.78, 5) is 21.0. The molecule has 0 spiro atoms. The van der Waals surface area contributed by atoms with Crippen molar-refractivity contribution in [3.8, 4) is 11.3 Å². The third-order valence-corrected chi connectivity index (χ3v) is 4.23. The number of fused-ring (bicyclic) bond motifs is 1. The molecule has 7 heteroatoms. The molecule has 4 heterocycles. The van der Waals surface area contributed by atoms with Crippen LogP contribution in [0.1, 0.15) is 12.8 Å². The molecule has 0 unspecified atom stereocenters. The van der Waals surface area contributed by atoms with E-state index in [-0.39, 0.29) is 11.9 Å². The molecule has 3 aromatic rings. The lowest BCUT2D eigenvalue weighted by Gasteiger charge is -2.11. The van der Waals surface area contributed by atoms with Gasteiger partial charge in [-0.2, -0.15) is 5.10 Å². The molecule has 1 aliphatic heterocycles.